The molecular formula is C45H83N3O14. The summed E-state index contributed by atoms with van der Waals surface area (Å²) in [6, 6.07) is -0.640. The Bertz CT molecular complexity index is 1440. The lowest BCUT2D eigenvalue weighted by Gasteiger charge is -2.49. The minimum Gasteiger partial charge on any atom is -0.459 e. The van der Waals surface area contributed by atoms with Crippen molar-refractivity contribution in [2.45, 2.75) is 205 Å². The minimum absolute atomic E-state index is 0.100. The molecule has 362 valence electrons. The van der Waals surface area contributed by atoms with Crippen LogP contribution >= 0.6 is 0 Å². The van der Waals surface area contributed by atoms with Crippen LogP contribution in [-0.2, 0) is 57.0 Å². The molecule has 0 radical (unpaired) electrons. The van der Waals surface area contributed by atoms with Crippen LogP contribution in [0.15, 0.2) is 0 Å². The maximum absolute atomic E-state index is 14.7. The van der Waals surface area contributed by atoms with E-state index in [1.165, 1.54) is 27.9 Å². The van der Waals surface area contributed by atoms with Crippen molar-refractivity contribution >= 4 is 17.9 Å². The largest absolute Gasteiger partial charge is 0.459 e. The number of cyclic esters (lactones) is 1. The van der Waals surface area contributed by atoms with E-state index in [4.69, 9.17) is 48.4 Å². The second-order valence-corrected chi connectivity index (χ2v) is 19.3. The molecule has 0 spiro atoms. The van der Waals surface area contributed by atoms with Gasteiger partial charge in [0.15, 0.2) is 18.7 Å². The molecule has 62 heavy (non-hydrogen) atoms. The van der Waals surface area contributed by atoms with Crippen LogP contribution in [0.25, 0.3) is 0 Å². The number of carbonyl (C=O) groups is 3. The van der Waals surface area contributed by atoms with E-state index in [0.29, 0.717) is 32.5 Å². The van der Waals surface area contributed by atoms with Gasteiger partial charge in [-0.1, -0.05) is 20.8 Å². The van der Waals surface area contributed by atoms with E-state index in [-0.39, 0.29) is 37.3 Å². The first-order chi connectivity index (χ1) is 28.7. The minimum atomic E-state index is -1.82. The Morgan fingerprint density at radius 2 is 1.53 bits per heavy atom. The zero-order valence-electron chi connectivity index (χ0n) is 40.6. The quantitative estimate of drug-likeness (QED) is 0.138. The van der Waals surface area contributed by atoms with Crippen LogP contribution in [0.3, 0.4) is 0 Å². The van der Waals surface area contributed by atoms with Crippen molar-refractivity contribution in [3.8, 4) is 0 Å². The molecule has 0 amide bonds. The summed E-state index contributed by atoms with van der Waals surface area (Å²) < 4.78 is 57.2. The van der Waals surface area contributed by atoms with Crippen LogP contribution < -0.4 is 5.73 Å². The SMILES string of the molecule is CC[C@H]1OC(=O)[C@H](C)[C@@H](O[C@H]2C[C@@](C)(OC)[C@@H](OC(C)=O)[C@H](C)O2)[C@H](C)[C@@H](O[C@@H]2O[C@H](C)C[C@H](N(C)C)[C@H]2OCCCN)[C@](C)(O)C[C@@H](C)CN(C)[C@H](C)[C@@H](OC(C)=O)[C@]1(C)O. The van der Waals surface area contributed by atoms with Gasteiger partial charge in [0.2, 0.25) is 0 Å². The molecular weight excluding hydrogens is 807 g/mol. The molecule has 3 rings (SSSR count). The molecule has 0 aromatic rings. The molecule has 0 saturated carbocycles. The highest BCUT2D eigenvalue weighted by molar-refractivity contribution is 5.73. The summed E-state index contributed by atoms with van der Waals surface area (Å²) in [5.41, 5.74) is 1.42. The number of nitrogens with two attached hydrogens (primary N) is 1. The number of nitrogens with zero attached hydrogens (tertiary/aromatic N) is 2. The summed E-state index contributed by atoms with van der Waals surface area (Å²) in [4.78, 5) is 43.4. The summed E-state index contributed by atoms with van der Waals surface area (Å²) >= 11 is 0. The Kier molecular flexibility index (Phi) is 20.1. The van der Waals surface area contributed by atoms with Crippen LogP contribution in [0.5, 0.6) is 0 Å². The molecule has 17 heteroatoms. The zero-order chi connectivity index (χ0) is 47.1. The molecule has 18 atom stereocenters. The first kappa shape index (κ1) is 54.3. The number of methoxy groups -OCH3 is 1. The summed E-state index contributed by atoms with van der Waals surface area (Å²) in [7, 11) is 7.35. The number of ether oxygens (including phenoxy) is 9. The van der Waals surface area contributed by atoms with Gasteiger partial charge in [-0.3, -0.25) is 19.3 Å². The van der Waals surface area contributed by atoms with Crippen molar-refractivity contribution in [1.29, 1.82) is 0 Å². The van der Waals surface area contributed by atoms with E-state index in [1.54, 1.807) is 27.7 Å². The molecule has 0 aliphatic carbocycles. The highest BCUT2D eigenvalue weighted by atomic mass is 16.7. The fourth-order valence-electron chi connectivity index (χ4n) is 9.97. The predicted molar refractivity (Wildman–Crippen MR) is 231 cm³/mol. The molecule has 3 aliphatic rings. The van der Waals surface area contributed by atoms with E-state index in [1.807, 2.05) is 60.7 Å². The van der Waals surface area contributed by atoms with E-state index >= 15 is 0 Å². The molecule has 0 aromatic heterocycles. The zero-order valence-corrected chi connectivity index (χ0v) is 40.6. The number of hydrogen-bond acceptors (Lipinski definition) is 17. The van der Waals surface area contributed by atoms with Gasteiger partial charge in [0.05, 0.1) is 35.9 Å². The summed E-state index contributed by atoms with van der Waals surface area (Å²) in [6.07, 6.45) is -6.64. The fourth-order valence-corrected chi connectivity index (χ4v) is 9.97. The van der Waals surface area contributed by atoms with E-state index in [2.05, 4.69) is 4.90 Å². The van der Waals surface area contributed by atoms with E-state index in [0.717, 1.165) is 0 Å². The lowest BCUT2D eigenvalue weighted by atomic mass is 9.77. The third-order valence-electron chi connectivity index (χ3n) is 13.3. The molecule has 3 saturated heterocycles. The molecule has 17 nitrogen and oxygen atoms in total. The number of likely N-dealkylation sites (N-methyl/N-ethyl adjacent to an activating group) is 2. The maximum Gasteiger partial charge on any atom is 0.311 e. The normalized spacial score (nSPS) is 43.3. The molecule has 4 N–H and O–H groups in total. The van der Waals surface area contributed by atoms with Crippen LogP contribution in [0.1, 0.15) is 115 Å². The van der Waals surface area contributed by atoms with Crippen LogP contribution in [0.2, 0.25) is 0 Å². The Balaban J connectivity index is 2.26. The molecule has 3 aliphatic heterocycles. The smallest absolute Gasteiger partial charge is 0.311 e. The van der Waals surface area contributed by atoms with Crippen molar-refractivity contribution in [3.05, 3.63) is 0 Å². The average molecular weight is 890 g/mol. The Labute approximate surface area is 371 Å². The van der Waals surface area contributed by atoms with E-state index < -0.39 is 108 Å². The first-order valence-electron chi connectivity index (χ1n) is 22.6. The van der Waals surface area contributed by atoms with Gasteiger partial charge in [-0.2, -0.15) is 0 Å². The number of hydrogen-bond donors (Lipinski definition) is 3. The van der Waals surface area contributed by atoms with Gasteiger partial charge in [-0.25, -0.2) is 0 Å². The van der Waals surface area contributed by atoms with Crippen molar-refractivity contribution in [1.82, 2.24) is 9.80 Å². The lowest BCUT2D eigenvalue weighted by molar-refractivity contribution is -0.321. The van der Waals surface area contributed by atoms with Gasteiger partial charge in [0.25, 0.3) is 0 Å². The van der Waals surface area contributed by atoms with Gasteiger partial charge in [0, 0.05) is 58.5 Å². The Morgan fingerprint density at radius 3 is 2.08 bits per heavy atom. The fraction of sp³-hybridized carbons (Fsp3) is 0.933. The monoisotopic (exact) mass is 890 g/mol. The van der Waals surface area contributed by atoms with Gasteiger partial charge in [-0.05, 0) is 108 Å². The van der Waals surface area contributed by atoms with Crippen molar-refractivity contribution in [2.24, 2.45) is 23.5 Å². The Hall–Kier alpha value is -2.03. The predicted octanol–water partition coefficient (Wildman–Crippen LogP) is 3.42. The molecule has 3 heterocycles. The van der Waals surface area contributed by atoms with Crippen LogP contribution in [0, 0.1) is 17.8 Å². The highest BCUT2D eigenvalue weighted by Crippen LogP contribution is 2.41. The number of carbonyl (C=O) groups excluding carboxylic acids is 3. The second-order valence-electron chi connectivity index (χ2n) is 19.3. The third-order valence-corrected chi connectivity index (χ3v) is 13.3. The van der Waals surface area contributed by atoms with Gasteiger partial charge >= 0.3 is 17.9 Å². The molecule has 0 unspecified atom stereocenters. The standard InChI is InChI=1S/C45H83N3O14/c1-17-34-45(12,53)39(58-31(8)49)29(6)48(15)24-25(2)22-43(10,52)38(62-42-37(55-20-18-19-46)33(47(13)14)21-26(3)56-42)27(4)36(28(5)41(51)60-34)61-35-23-44(11,54-16)40(30(7)57-35)59-32(9)50/h25-30,33-40,42,52-53H,17-24,46H2,1-16H3/t25-,26-,27+,28-,29-,30+,33+,34-,35+,36+,37-,38-,39-,40+,42+,43-,44-,45-/m1/s1. The third kappa shape index (κ3) is 13.5. The summed E-state index contributed by atoms with van der Waals surface area (Å²) in [5.74, 6) is -3.78. The van der Waals surface area contributed by atoms with Crippen LogP contribution in [-0.4, -0.2) is 176 Å². The van der Waals surface area contributed by atoms with E-state index in [9.17, 15) is 24.6 Å². The van der Waals surface area contributed by atoms with Gasteiger partial charge < -0.3 is 63.5 Å². The molecule has 3 fully saturated rings. The van der Waals surface area contributed by atoms with Gasteiger partial charge in [-0.15, -0.1) is 0 Å². The highest BCUT2D eigenvalue weighted by Gasteiger charge is 2.54. The van der Waals surface area contributed by atoms with Crippen LogP contribution in [0.4, 0.5) is 0 Å². The summed E-state index contributed by atoms with van der Waals surface area (Å²) in [6.45, 7) is 21.8. The Morgan fingerprint density at radius 1 is 0.919 bits per heavy atom. The number of rotatable bonds is 13. The lowest BCUT2D eigenvalue weighted by Crippen LogP contribution is -2.61. The number of esters is 3. The second kappa shape index (κ2) is 22.9. The first-order valence-corrected chi connectivity index (χ1v) is 22.6. The molecule has 0 aromatic carbocycles. The van der Waals surface area contributed by atoms with Gasteiger partial charge in [0.1, 0.15) is 29.5 Å². The molecule has 0 bridgehead atoms. The van der Waals surface area contributed by atoms with Crippen molar-refractivity contribution < 1.29 is 67.2 Å². The topological polar surface area (TPSA) is 207 Å². The van der Waals surface area contributed by atoms with Crippen molar-refractivity contribution in [2.75, 3.05) is 47.9 Å². The maximum atomic E-state index is 14.7. The van der Waals surface area contributed by atoms with Crippen molar-refractivity contribution in [3.63, 3.8) is 0 Å². The summed E-state index contributed by atoms with van der Waals surface area (Å²) in [5, 5.41) is 25.2. The number of aliphatic hydroxyl groups is 2. The average Bonchev–Trinajstić information content (AvgIpc) is 3.17.